The molecule has 2 nitrogen and oxygen atoms in total. The van der Waals surface area contributed by atoms with E-state index in [-0.39, 0.29) is 12.4 Å². The van der Waals surface area contributed by atoms with Gasteiger partial charge in [-0.15, -0.1) is 0 Å². The topological polar surface area (TPSA) is 26.3 Å². The molecule has 0 N–H and O–H groups in total. The van der Waals surface area contributed by atoms with E-state index in [1.807, 2.05) is 12.1 Å². The summed E-state index contributed by atoms with van der Waals surface area (Å²) in [6, 6.07) is 5.71. The Balaban J connectivity index is 2.75. The number of hydrogen-bond acceptors (Lipinski definition) is 2. The zero-order valence-electron chi connectivity index (χ0n) is 9.13. The normalized spacial score (nSPS) is 10.2. The lowest BCUT2D eigenvalue weighted by molar-refractivity contribution is -0.142. The lowest BCUT2D eigenvalue weighted by Gasteiger charge is -2.05. The van der Waals surface area contributed by atoms with Crippen LogP contribution in [0.3, 0.4) is 0 Å². The van der Waals surface area contributed by atoms with Crippen LogP contribution in [-0.4, -0.2) is 17.9 Å². The second kappa shape index (κ2) is 6.92. The summed E-state index contributed by atoms with van der Waals surface area (Å²) >= 11 is 9.36. The molecule has 88 valence electrons. The summed E-state index contributed by atoms with van der Waals surface area (Å²) in [5, 5.41) is 1.55. The van der Waals surface area contributed by atoms with Crippen molar-refractivity contribution in [2.24, 2.45) is 0 Å². The number of esters is 1. The second-order valence-corrected chi connectivity index (χ2v) is 4.62. The molecule has 0 amide bonds. The van der Waals surface area contributed by atoms with E-state index in [0.717, 1.165) is 22.9 Å². The lowest BCUT2D eigenvalue weighted by atomic mass is 10.1. The molecule has 0 bridgehead atoms. The summed E-state index contributed by atoms with van der Waals surface area (Å²) in [6.07, 6.45) is 1.18. The summed E-state index contributed by atoms with van der Waals surface area (Å²) in [5.74, 6) is -0.213. The van der Waals surface area contributed by atoms with Gasteiger partial charge >= 0.3 is 5.97 Å². The Morgan fingerprint density at radius 3 is 2.69 bits per heavy atom. The summed E-state index contributed by atoms with van der Waals surface area (Å²) < 4.78 is 4.89. The predicted molar refractivity (Wildman–Crippen MR) is 69.3 cm³/mol. The number of aryl methyl sites for hydroxylation is 1. The minimum absolute atomic E-state index is 0.213. The first-order chi connectivity index (χ1) is 7.65. The molecule has 0 fully saturated rings. The SMILES string of the molecule is CCOC(=O)Cc1cc(Cl)cc(CCBr)c1. The van der Waals surface area contributed by atoms with E-state index < -0.39 is 0 Å². The van der Waals surface area contributed by atoms with Crippen LogP contribution in [0.4, 0.5) is 0 Å². The Labute approximate surface area is 109 Å². The van der Waals surface area contributed by atoms with Gasteiger partial charge in [-0.1, -0.05) is 33.6 Å². The molecule has 0 heterocycles. The van der Waals surface area contributed by atoms with E-state index in [0.29, 0.717) is 11.6 Å². The number of halogens is 2. The minimum atomic E-state index is -0.213. The summed E-state index contributed by atoms with van der Waals surface area (Å²) in [6.45, 7) is 2.21. The molecule has 0 aromatic heterocycles. The second-order valence-electron chi connectivity index (χ2n) is 3.39. The fourth-order valence-electron chi connectivity index (χ4n) is 1.45. The maximum atomic E-state index is 11.3. The van der Waals surface area contributed by atoms with Gasteiger partial charge in [-0.25, -0.2) is 0 Å². The molecule has 1 rings (SSSR count). The highest BCUT2D eigenvalue weighted by Crippen LogP contribution is 2.17. The van der Waals surface area contributed by atoms with E-state index >= 15 is 0 Å². The van der Waals surface area contributed by atoms with Gasteiger partial charge in [0.25, 0.3) is 0 Å². The Morgan fingerprint density at radius 1 is 1.38 bits per heavy atom. The van der Waals surface area contributed by atoms with Crippen LogP contribution in [0, 0.1) is 0 Å². The first kappa shape index (κ1) is 13.5. The quantitative estimate of drug-likeness (QED) is 0.616. The number of rotatable bonds is 5. The molecular formula is C12H14BrClO2. The number of hydrogen-bond donors (Lipinski definition) is 0. The van der Waals surface area contributed by atoms with Crippen LogP contribution in [0.15, 0.2) is 18.2 Å². The van der Waals surface area contributed by atoms with Crippen molar-refractivity contribution in [3.63, 3.8) is 0 Å². The maximum absolute atomic E-state index is 11.3. The molecule has 0 atom stereocenters. The lowest BCUT2D eigenvalue weighted by Crippen LogP contribution is -2.07. The molecule has 16 heavy (non-hydrogen) atoms. The van der Waals surface area contributed by atoms with Crippen LogP contribution in [0.1, 0.15) is 18.1 Å². The third-order valence-corrected chi connectivity index (χ3v) is 2.67. The predicted octanol–water partition coefficient (Wildman–Crippen LogP) is 3.38. The summed E-state index contributed by atoms with van der Waals surface area (Å²) in [5.41, 5.74) is 2.03. The molecule has 0 radical (unpaired) electrons. The van der Waals surface area contributed by atoms with Gasteiger partial charge < -0.3 is 4.74 Å². The molecule has 0 saturated heterocycles. The molecular weight excluding hydrogens is 291 g/mol. The molecule has 1 aromatic carbocycles. The fraction of sp³-hybridized carbons (Fsp3) is 0.417. The Bertz CT molecular complexity index is 366. The summed E-state index contributed by atoms with van der Waals surface area (Å²) in [7, 11) is 0. The number of benzene rings is 1. The zero-order valence-corrected chi connectivity index (χ0v) is 11.5. The van der Waals surface area contributed by atoms with Crippen molar-refractivity contribution in [3.8, 4) is 0 Å². The first-order valence-corrected chi connectivity index (χ1v) is 6.65. The standard InChI is InChI=1S/C12H14BrClO2/c1-2-16-12(15)8-10-5-9(3-4-13)6-11(14)7-10/h5-7H,2-4,8H2,1H3. The Kier molecular flexibility index (Phi) is 5.85. The van der Waals surface area contributed by atoms with Gasteiger partial charge in [0.2, 0.25) is 0 Å². The summed E-state index contributed by atoms with van der Waals surface area (Å²) in [4.78, 5) is 11.3. The van der Waals surface area contributed by atoms with E-state index in [2.05, 4.69) is 15.9 Å². The van der Waals surface area contributed by atoms with Crippen LogP contribution in [0.25, 0.3) is 0 Å². The zero-order chi connectivity index (χ0) is 12.0. The average Bonchev–Trinajstić information content (AvgIpc) is 2.17. The van der Waals surface area contributed by atoms with Gasteiger partial charge in [0, 0.05) is 10.4 Å². The van der Waals surface area contributed by atoms with Gasteiger partial charge in [0.1, 0.15) is 0 Å². The molecule has 0 unspecified atom stereocenters. The van der Waals surface area contributed by atoms with Crippen molar-refractivity contribution in [2.75, 3.05) is 11.9 Å². The molecule has 4 heteroatoms. The van der Waals surface area contributed by atoms with E-state index in [4.69, 9.17) is 16.3 Å². The van der Waals surface area contributed by atoms with Gasteiger partial charge in [0.15, 0.2) is 0 Å². The monoisotopic (exact) mass is 304 g/mol. The van der Waals surface area contributed by atoms with E-state index in [1.165, 1.54) is 0 Å². The van der Waals surface area contributed by atoms with E-state index in [1.54, 1.807) is 13.0 Å². The fourth-order valence-corrected chi connectivity index (χ4v) is 2.19. The first-order valence-electron chi connectivity index (χ1n) is 5.15. The van der Waals surface area contributed by atoms with Crippen molar-refractivity contribution in [1.82, 2.24) is 0 Å². The maximum Gasteiger partial charge on any atom is 0.310 e. The van der Waals surface area contributed by atoms with Crippen molar-refractivity contribution in [2.45, 2.75) is 19.8 Å². The molecule has 0 spiro atoms. The Morgan fingerprint density at radius 2 is 2.06 bits per heavy atom. The van der Waals surface area contributed by atoms with Crippen molar-refractivity contribution >= 4 is 33.5 Å². The van der Waals surface area contributed by atoms with Crippen molar-refractivity contribution < 1.29 is 9.53 Å². The number of carbonyl (C=O) groups excluding carboxylic acids is 1. The third kappa shape index (κ3) is 4.54. The van der Waals surface area contributed by atoms with Gasteiger partial charge in [-0.2, -0.15) is 0 Å². The van der Waals surface area contributed by atoms with E-state index in [9.17, 15) is 4.79 Å². The van der Waals surface area contributed by atoms with Crippen LogP contribution in [0.5, 0.6) is 0 Å². The number of ether oxygens (including phenoxy) is 1. The minimum Gasteiger partial charge on any atom is -0.466 e. The van der Waals surface area contributed by atoms with Gasteiger partial charge in [-0.3, -0.25) is 4.79 Å². The van der Waals surface area contributed by atoms with Crippen LogP contribution in [-0.2, 0) is 22.4 Å². The number of carbonyl (C=O) groups is 1. The molecule has 1 aromatic rings. The van der Waals surface area contributed by atoms with Gasteiger partial charge in [0.05, 0.1) is 13.0 Å². The third-order valence-electron chi connectivity index (χ3n) is 2.05. The van der Waals surface area contributed by atoms with Crippen molar-refractivity contribution in [3.05, 3.63) is 34.3 Å². The highest BCUT2D eigenvalue weighted by molar-refractivity contribution is 9.09. The highest BCUT2D eigenvalue weighted by Gasteiger charge is 2.06. The molecule has 0 aliphatic rings. The molecule has 0 aliphatic carbocycles. The molecule has 0 saturated carbocycles. The number of alkyl halides is 1. The van der Waals surface area contributed by atoms with Crippen LogP contribution >= 0.6 is 27.5 Å². The molecule has 0 aliphatic heterocycles. The van der Waals surface area contributed by atoms with Crippen LogP contribution in [0.2, 0.25) is 5.02 Å². The Hall–Kier alpha value is -0.540. The highest BCUT2D eigenvalue weighted by atomic mass is 79.9. The van der Waals surface area contributed by atoms with Crippen molar-refractivity contribution in [1.29, 1.82) is 0 Å². The smallest absolute Gasteiger partial charge is 0.310 e. The van der Waals surface area contributed by atoms with Gasteiger partial charge in [-0.05, 0) is 36.6 Å². The largest absolute Gasteiger partial charge is 0.466 e. The van der Waals surface area contributed by atoms with Crippen LogP contribution < -0.4 is 0 Å². The average molecular weight is 306 g/mol.